The quantitative estimate of drug-likeness (QED) is 0.618. The first-order valence-electron chi connectivity index (χ1n) is 7.16. The molecule has 0 aromatic carbocycles. The first-order chi connectivity index (χ1) is 7.81. The summed E-state index contributed by atoms with van der Waals surface area (Å²) >= 11 is 0. The van der Waals surface area contributed by atoms with Gasteiger partial charge in [-0.15, -0.1) is 0 Å². The molecule has 0 fully saturated rings. The summed E-state index contributed by atoms with van der Waals surface area (Å²) in [5, 5.41) is 0. The highest BCUT2D eigenvalue weighted by Crippen LogP contribution is 2.37. The van der Waals surface area contributed by atoms with Crippen molar-refractivity contribution < 1.29 is 0 Å². The maximum Gasteiger partial charge on any atom is 0.0442 e. The van der Waals surface area contributed by atoms with Crippen LogP contribution >= 0.6 is 0 Å². The lowest BCUT2D eigenvalue weighted by Crippen LogP contribution is -2.28. The fraction of sp³-hybridized carbons (Fsp3) is 0.733. The maximum atomic E-state index is 2.54. The third kappa shape index (κ3) is 4.96. The normalized spacial score (nSPS) is 26.5. The van der Waals surface area contributed by atoms with E-state index in [9.17, 15) is 0 Å². The Kier molecular flexibility index (Phi) is 5.45. The van der Waals surface area contributed by atoms with E-state index in [1.807, 2.05) is 0 Å². The monoisotopic (exact) mass is 266 g/mol. The van der Waals surface area contributed by atoms with E-state index in [-0.39, 0.29) is 0 Å². The van der Waals surface area contributed by atoms with Gasteiger partial charge in [-0.25, -0.2) is 0 Å². The van der Waals surface area contributed by atoms with Gasteiger partial charge in [0.2, 0.25) is 0 Å². The van der Waals surface area contributed by atoms with Crippen LogP contribution in [0.5, 0.6) is 0 Å². The predicted octanol–water partition coefficient (Wildman–Crippen LogP) is 4.95. The summed E-state index contributed by atoms with van der Waals surface area (Å²) < 4.78 is 0. The van der Waals surface area contributed by atoms with Gasteiger partial charge in [0, 0.05) is 16.9 Å². The van der Waals surface area contributed by atoms with Gasteiger partial charge in [0.1, 0.15) is 0 Å². The summed E-state index contributed by atoms with van der Waals surface area (Å²) in [5.74, 6) is 1.57. The Morgan fingerprint density at radius 2 is 1.71 bits per heavy atom. The molecule has 17 heavy (non-hydrogen) atoms. The van der Waals surface area contributed by atoms with E-state index in [2.05, 4.69) is 64.0 Å². The Hall–Kier alpha value is -0.0862. The van der Waals surface area contributed by atoms with Gasteiger partial charge < -0.3 is 0 Å². The molecule has 1 aliphatic carbocycles. The molecule has 0 N–H and O–H groups in total. The van der Waals surface area contributed by atoms with Crippen LogP contribution in [0.1, 0.15) is 13.3 Å². The molecule has 0 amide bonds. The van der Waals surface area contributed by atoms with Crippen molar-refractivity contribution in [3.8, 4) is 0 Å². The third-order valence-electron chi connectivity index (χ3n) is 4.04. The zero-order valence-corrected chi connectivity index (χ0v) is 14.7. The van der Waals surface area contributed by atoms with Crippen molar-refractivity contribution >= 4 is 16.9 Å². The summed E-state index contributed by atoms with van der Waals surface area (Å²) in [6.07, 6.45) is 10.8. The molecular formula is C15H30Si2. The van der Waals surface area contributed by atoms with E-state index < -0.39 is 16.9 Å². The fourth-order valence-corrected chi connectivity index (χ4v) is 6.57. The Bertz CT molecular complexity index is 284. The zero-order chi connectivity index (χ0) is 13.1. The number of hydrogen-bond donors (Lipinski definition) is 0. The van der Waals surface area contributed by atoms with Crippen LogP contribution in [-0.4, -0.2) is 16.9 Å². The highest BCUT2D eigenvalue weighted by Gasteiger charge is 2.28. The highest BCUT2D eigenvalue weighted by atomic mass is 28.3. The van der Waals surface area contributed by atoms with Crippen LogP contribution in [0.4, 0.5) is 0 Å². The van der Waals surface area contributed by atoms with Gasteiger partial charge in [-0.1, -0.05) is 76.4 Å². The highest BCUT2D eigenvalue weighted by molar-refractivity contribution is 6.76. The van der Waals surface area contributed by atoms with Crippen molar-refractivity contribution in [3.63, 3.8) is 0 Å². The van der Waals surface area contributed by atoms with Crippen LogP contribution in [0.25, 0.3) is 0 Å². The molecule has 0 saturated carbocycles. The van der Waals surface area contributed by atoms with Crippen molar-refractivity contribution in [2.24, 2.45) is 11.8 Å². The van der Waals surface area contributed by atoms with Crippen LogP contribution in [0.2, 0.25) is 44.3 Å². The maximum absolute atomic E-state index is 2.54. The van der Waals surface area contributed by atoms with Gasteiger partial charge >= 0.3 is 0 Å². The lowest BCUT2D eigenvalue weighted by molar-refractivity contribution is 0.459. The number of hydrogen-bond acceptors (Lipinski definition) is 0. The van der Waals surface area contributed by atoms with E-state index in [0.717, 1.165) is 17.4 Å². The molecule has 98 valence electrons. The summed E-state index contributed by atoms with van der Waals surface area (Å²) in [6.45, 7) is 15.0. The van der Waals surface area contributed by atoms with Crippen LogP contribution < -0.4 is 0 Å². The standard InChI is InChI=1S/C15H30Si2/c1-13-9-7-8-10-14(13)15(16(2)3)11-12-17(4,5)6/h7-10,13-16H,11-12H2,1-6H3. The van der Waals surface area contributed by atoms with Gasteiger partial charge in [0.25, 0.3) is 0 Å². The van der Waals surface area contributed by atoms with Crippen LogP contribution in [0, 0.1) is 11.8 Å². The van der Waals surface area contributed by atoms with Gasteiger partial charge in [0.05, 0.1) is 0 Å². The number of allylic oxidation sites excluding steroid dienone is 4. The van der Waals surface area contributed by atoms with Crippen LogP contribution in [0.3, 0.4) is 0 Å². The summed E-state index contributed by atoms with van der Waals surface area (Å²) in [6, 6.07) is 1.50. The average Bonchev–Trinajstić information content (AvgIpc) is 2.18. The Balaban J connectivity index is 2.66. The topological polar surface area (TPSA) is 0 Å². The summed E-state index contributed by atoms with van der Waals surface area (Å²) in [7, 11) is -1.42. The van der Waals surface area contributed by atoms with E-state index in [0.29, 0.717) is 0 Å². The van der Waals surface area contributed by atoms with E-state index in [4.69, 9.17) is 0 Å². The second-order valence-corrected chi connectivity index (χ2v) is 16.2. The lowest BCUT2D eigenvalue weighted by atomic mass is 9.86. The molecule has 0 heterocycles. The van der Waals surface area contributed by atoms with Gasteiger partial charge in [0.15, 0.2) is 0 Å². The molecular weight excluding hydrogens is 236 g/mol. The molecule has 0 aliphatic heterocycles. The zero-order valence-electron chi connectivity index (χ0n) is 12.5. The Labute approximate surface area is 111 Å². The molecule has 0 spiro atoms. The molecule has 1 rings (SSSR count). The molecule has 1 aliphatic rings. The van der Waals surface area contributed by atoms with Gasteiger partial charge in [-0.05, 0) is 17.4 Å². The predicted molar refractivity (Wildman–Crippen MR) is 86.3 cm³/mol. The molecule has 0 nitrogen and oxygen atoms in total. The van der Waals surface area contributed by atoms with Crippen LogP contribution in [0.15, 0.2) is 24.3 Å². The second kappa shape index (κ2) is 6.19. The number of rotatable bonds is 5. The minimum atomic E-state index is -0.871. The first kappa shape index (κ1) is 15.0. The second-order valence-electron chi connectivity index (χ2n) is 7.21. The fourth-order valence-electron chi connectivity index (χ4n) is 2.84. The Morgan fingerprint density at radius 1 is 1.12 bits per heavy atom. The molecule has 0 saturated heterocycles. The minimum absolute atomic E-state index is 0.550. The van der Waals surface area contributed by atoms with Crippen molar-refractivity contribution in [3.05, 3.63) is 24.3 Å². The van der Waals surface area contributed by atoms with E-state index >= 15 is 0 Å². The molecule has 2 heteroatoms. The van der Waals surface area contributed by atoms with Gasteiger partial charge in [-0.2, -0.15) is 0 Å². The molecule has 3 unspecified atom stereocenters. The molecule has 0 radical (unpaired) electrons. The first-order valence-corrected chi connectivity index (χ1v) is 13.8. The Morgan fingerprint density at radius 3 is 2.18 bits per heavy atom. The average molecular weight is 267 g/mol. The summed E-state index contributed by atoms with van der Waals surface area (Å²) in [5.41, 5.74) is 0.998. The molecule has 3 atom stereocenters. The molecule has 0 aromatic heterocycles. The summed E-state index contributed by atoms with van der Waals surface area (Å²) in [4.78, 5) is 0. The van der Waals surface area contributed by atoms with Crippen LogP contribution in [-0.2, 0) is 0 Å². The van der Waals surface area contributed by atoms with Crippen molar-refractivity contribution in [1.82, 2.24) is 0 Å². The van der Waals surface area contributed by atoms with E-state index in [1.165, 1.54) is 12.5 Å². The van der Waals surface area contributed by atoms with Crippen molar-refractivity contribution in [2.75, 3.05) is 0 Å². The lowest BCUT2D eigenvalue weighted by Gasteiger charge is -2.33. The molecule has 0 bridgehead atoms. The van der Waals surface area contributed by atoms with E-state index in [1.54, 1.807) is 0 Å². The SMILES string of the molecule is CC1C=CC=CC1C(CC[Si](C)(C)C)[SiH](C)C. The minimum Gasteiger partial charge on any atom is -0.0811 e. The molecule has 0 aromatic rings. The van der Waals surface area contributed by atoms with Crippen molar-refractivity contribution in [2.45, 2.75) is 57.7 Å². The smallest absolute Gasteiger partial charge is 0.0442 e. The van der Waals surface area contributed by atoms with Crippen molar-refractivity contribution in [1.29, 1.82) is 0 Å². The third-order valence-corrected chi connectivity index (χ3v) is 8.32. The van der Waals surface area contributed by atoms with Gasteiger partial charge in [-0.3, -0.25) is 0 Å². The largest absolute Gasteiger partial charge is 0.0811 e.